The Morgan fingerprint density at radius 3 is 2.33 bits per heavy atom. The highest BCUT2D eigenvalue weighted by Crippen LogP contribution is 2.26. The topological polar surface area (TPSA) is 188 Å². The number of ether oxygens (including phenoxy) is 1. The maximum absolute atomic E-state index is 12.9. The van der Waals surface area contributed by atoms with Crippen LogP contribution in [0.3, 0.4) is 0 Å². The van der Waals surface area contributed by atoms with Crippen molar-refractivity contribution in [2.24, 2.45) is 11.7 Å². The van der Waals surface area contributed by atoms with Crippen LogP contribution in [0.25, 0.3) is 0 Å². The van der Waals surface area contributed by atoms with E-state index < -0.39 is 50.6 Å². The Hall–Kier alpha value is -4.00. The van der Waals surface area contributed by atoms with Crippen LogP contribution in [0.2, 0.25) is 0 Å². The Morgan fingerprint density at radius 1 is 1.12 bits per heavy atom. The number of hydrogen-bond donors (Lipinski definition) is 3. The summed E-state index contributed by atoms with van der Waals surface area (Å²) in [5.74, 6) is -2.51. The molecule has 12 nitrogen and oxygen atoms in total. The second-order valence-electron chi connectivity index (χ2n) is 7.28. The monoisotopic (exact) mass is 478 g/mol. The molecule has 1 unspecified atom stereocenters. The number of imide groups is 1. The van der Waals surface area contributed by atoms with Gasteiger partial charge in [0.05, 0.1) is 21.1 Å². The normalized spacial score (nSPS) is 12.0. The van der Waals surface area contributed by atoms with Gasteiger partial charge in [0.2, 0.25) is 0 Å². The third-order valence-electron chi connectivity index (χ3n) is 4.41. The number of esters is 1. The van der Waals surface area contributed by atoms with Gasteiger partial charge in [-0.05, 0) is 30.5 Å². The number of urea groups is 1. The summed E-state index contributed by atoms with van der Waals surface area (Å²) in [6, 6.07) is 7.69. The average Bonchev–Trinajstić information content (AvgIpc) is 2.71. The molecule has 176 valence electrons. The first-order valence-electron chi connectivity index (χ1n) is 9.51. The number of nitrogens with one attached hydrogen (secondary N) is 2. The summed E-state index contributed by atoms with van der Waals surface area (Å²) in [5.41, 5.74) is 4.36. The van der Waals surface area contributed by atoms with E-state index in [0.29, 0.717) is 0 Å². The summed E-state index contributed by atoms with van der Waals surface area (Å²) in [5, 5.41) is 12.9. The van der Waals surface area contributed by atoms with Crippen LogP contribution in [0, 0.1) is 23.0 Å². The molecule has 33 heavy (non-hydrogen) atoms. The maximum Gasteiger partial charge on any atom is 0.341 e. The zero-order valence-corrected chi connectivity index (χ0v) is 18.7. The van der Waals surface area contributed by atoms with Gasteiger partial charge in [-0.1, -0.05) is 32.0 Å². The zero-order valence-electron chi connectivity index (χ0n) is 17.9. The van der Waals surface area contributed by atoms with Crippen molar-refractivity contribution in [3.8, 4) is 0 Å². The van der Waals surface area contributed by atoms with Gasteiger partial charge < -0.3 is 10.5 Å². The second-order valence-corrected chi connectivity index (χ2v) is 8.93. The molecule has 0 aliphatic rings. The third kappa shape index (κ3) is 6.26. The molecule has 0 spiro atoms. The lowest BCUT2D eigenvalue weighted by atomic mass is 10.1. The SMILES string of the molecule is Cc1ccc([N+](=O)[O-])cc1S(=O)(=O)Nc1ccccc1C(=O)OC(C(=O)NC(N)=O)C(C)C. The average molecular weight is 478 g/mol. The van der Waals surface area contributed by atoms with Crippen LogP contribution >= 0.6 is 0 Å². The number of primary amides is 1. The van der Waals surface area contributed by atoms with Crippen molar-refractivity contribution in [1.82, 2.24) is 5.32 Å². The standard InChI is InChI=1S/C20H22N4O8S/c1-11(2)17(18(25)22-20(21)27)32-19(26)14-6-4-5-7-15(14)23-33(30,31)16-10-13(24(28)29)9-8-12(16)3/h4-11,17,23H,1-3H3,(H3,21,22,25,27). The number of nitro groups is 1. The number of carbonyl (C=O) groups is 3. The minimum absolute atomic E-state index is 0.175. The number of carbonyl (C=O) groups excluding carboxylic acids is 3. The molecule has 0 bridgehead atoms. The summed E-state index contributed by atoms with van der Waals surface area (Å²) >= 11 is 0. The van der Waals surface area contributed by atoms with Crippen LogP contribution in [0.15, 0.2) is 47.4 Å². The number of sulfonamides is 1. The molecule has 0 saturated heterocycles. The molecule has 0 aliphatic carbocycles. The fraction of sp³-hybridized carbons (Fsp3) is 0.250. The third-order valence-corrected chi connectivity index (χ3v) is 5.92. The highest BCUT2D eigenvalue weighted by Gasteiger charge is 2.29. The fourth-order valence-electron chi connectivity index (χ4n) is 2.81. The predicted octanol–water partition coefficient (Wildman–Crippen LogP) is 2.08. The van der Waals surface area contributed by atoms with Crippen LogP contribution in [0.5, 0.6) is 0 Å². The molecule has 2 aromatic carbocycles. The lowest BCUT2D eigenvalue weighted by Crippen LogP contribution is -2.45. The molecule has 0 aliphatic heterocycles. The zero-order chi connectivity index (χ0) is 24.9. The molecule has 2 aromatic rings. The van der Waals surface area contributed by atoms with Crippen LogP contribution in [0.1, 0.15) is 29.8 Å². The number of anilines is 1. The van der Waals surface area contributed by atoms with Gasteiger partial charge in [-0.25, -0.2) is 18.0 Å². The Kier molecular flexibility index (Phi) is 7.72. The number of benzene rings is 2. The van der Waals surface area contributed by atoms with Crippen molar-refractivity contribution in [3.63, 3.8) is 0 Å². The van der Waals surface area contributed by atoms with E-state index in [4.69, 9.17) is 10.5 Å². The molecule has 0 saturated carbocycles. The van der Waals surface area contributed by atoms with Gasteiger partial charge in [-0.15, -0.1) is 0 Å². The van der Waals surface area contributed by atoms with Crippen molar-refractivity contribution in [2.45, 2.75) is 31.8 Å². The van der Waals surface area contributed by atoms with Crippen molar-refractivity contribution < 1.29 is 32.5 Å². The minimum atomic E-state index is -4.34. The number of amides is 3. The van der Waals surface area contributed by atoms with E-state index in [1.165, 1.54) is 43.3 Å². The molecule has 3 amide bonds. The second kappa shape index (κ2) is 10.1. The van der Waals surface area contributed by atoms with Gasteiger partial charge in [0.25, 0.3) is 21.6 Å². The van der Waals surface area contributed by atoms with E-state index in [0.717, 1.165) is 6.07 Å². The first-order valence-corrected chi connectivity index (χ1v) is 11.0. The van der Waals surface area contributed by atoms with E-state index in [1.54, 1.807) is 13.8 Å². The van der Waals surface area contributed by atoms with Crippen molar-refractivity contribution in [1.29, 1.82) is 0 Å². The largest absolute Gasteiger partial charge is 0.448 e. The first kappa shape index (κ1) is 25.3. The highest BCUT2D eigenvalue weighted by atomic mass is 32.2. The Bertz CT molecular complexity index is 1210. The van der Waals surface area contributed by atoms with Gasteiger partial charge in [-0.2, -0.15) is 0 Å². The number of nitro benzene ring substituents is 1. The summed E-state index contributed by atoms with van der Waals surface area (Å²) in [4.78, 5) is 45.8. The summed E-state index contributed by atoms with van der Waals surface area (Å²) in [6.45, 7) is 4.60. The smallest absolute Gasteiger partial charge is 0.341 e. The maximum atomic E-state index is 12.9. The number of nitrogens with zero attached hydrogens (tertiary/aromatic N) is 1. The molecule has 0 fully saturated rings. The van der Waals surface area contributed by atoms with Gasteiger partial charge in [0.1, 0.15) is 0 Å². The van der Waals surface area contributed by atoms with Crippen LogP contribution in [-0.2, 0) is 19.6 Å². The van der Waals surface area contributed by atoms with Gasteiger partial charge in [0.15, 0.2) is 6.10 Å². The fourth-order valence-corrected chi connectivity index (χ4v) is 4.15. The summed E-state index contributed by atoms with van der Waals surface area (Å²) < 4.78 is 33.3. The molecule has 1 atom stereocenters. The molecule has 13 heteroatoms. The minimum Gasteiger partial charge on any atom is -0.448 e. The molecule has 0 radical (unpaired) electrons. The molecule has 4 N–H and O–H groups in total. The Labute approximate surface area is 189 Å². The molecular weight excluding hydrogens is 456 g/mol. The number of para-hydroxylation sites is 1. The van der Waals surface area contributed by atoms with Gasteiger partial charge in [-0.3, -0.25) is 24.9 Å². The number of aryl methyl sites for hydroxylation is 1. The number of non-ortho nitro benzene ring substituents is 1. The quantitative estimate of drug-likeness (QED) is 0.292. The van der Waals surface area contributed by atoms with Crippen LogP contribution in [-0.4, -0.2) is 37.4 Å². The molecule has 0 aromatic heterocycles. The highest BCUT2D eigenvalue weighted by molar-refractivity contribution is 7.92. The van der Waals surface area contributed by atoms with Gasteiger partial charge in [0, 0.05) is 12.1 Å². The van der Waals surface area contributed by atoms with E-state index in [9.17, 15) is 32.9 Å². The van der Waals surface area contributed by atoms with Crippen molar-refractivity contribution in [3.05, 3.63) is 63.7 Å². The van der Waals surface area contributed by atoms with Gasteiger partial charge >= 0.3 is 12.0 Å². The lowest BCUT2D eigenvalue weighted by molar-refractivity contribution is -0.385. The molecule has 0 heterocycles. The van der Waals surface area contributed by atoms with Crippen molar-refractivity contribution in [2.75, 3.05) is 4.72 Å². The summed E-state index contributed by atoms with van der Waals surface area (Å²) in [6.07, 6.45) is -1.38. The Morgan fingerprint density at radius 2 is 1.76 bits per heavy atom. The van der Waals surface area contributed by atoms with E-state index in [-0.39, 0.29) is 21.7 Å². The van der Waals surface area contributed by atoms with E-state index >= 15 is 0 Å². The number of nitrogens with two attached hydrogens (primary N) is 1. The lowest BCUT2D eigenvalue weighted by Gasteiger charge is -2.21. The van der Waals surface area contributed by atoms with Crippen LogP contribution < -0.4 is 15.8 Å². The van der Waals surface area contributed by atoms with Crippen molar-refractivity contribution >= 4 is 39.3 Å². The molecule has 2 rings (SSSR count). The summed E-state index contributed by atoms with van der Waals surface area (Å²) in [7, 11) is -4.34. The predicted molar refractivity (Wildman–Crippen MR) is 117 cm³/mol. The first-order chi connectivity index (χ1) is 15.3. The molecular formula is C20H22N4O8S. The number of hydrogen-bond acceptors (Lipinski definition) is 8. The number of rotatable bonds is 8. The van der Waals surface area contributed by atoms with E-state index in [1.807, 2.05) is 5.32 Å². The Balaban J connectivity index is 2.38. The van der Waals surface area contributed by atoms with Crippen LogP contribution in [0.4, 0.5) is 16.2 Å². The van der Waals surface area contributed by atoms with E-state index in [2.05, 4.69) is 4.72 Å².